The van der Waals surface area contributed by atoms with Crippen molar-refractivity contribution >= 4 is 15.9 Å². The zero-order valence-electron chi connectivity index (χ0n) is 14.1. The molecule has 1 unspecified atom stereocenters. The fourth-order valence-electron chi connectivity index (χ4n) is 3.33. The van der Waals surface area contributed by atoms with Gasteiger partial charge in [-0.3, -0.25) is 4.90 Å². The lowest BCUT2D eigenvalue weighted by Crippen LogP contribution is -2.45. The first-order valence-corrected chi connectivity index (χ1v) is 8.95. The monoisotopic (exact) mass is 390 g/mol. The van der Waals surface area contributed by atoms with E-state index in [0.29, 0.717) is 0 Å². The number of nitrogens with zero attached hydrogens (tertiary/aromatic N) is 1. The molecule has 0 radical (unpaired) electrons. The molecule has 4 nitrogen and oxygen atoms in total. The van der Waals surface area contributed by atoms with Crippen LogP contribution >= 0.6 is 15.9 Å². The van der Waals surface area contributed by atoms with E-state index >= 15 is 0 Å². The molecule has 1 aliphatic rings. The van der Waals surface area contributed by atoms with E-state index < -0.39 is 0 Å². The van der Waals surface area contributed by atoms with Crippen molar-refractivity contribution in [1.29, 1.82) is 0 Å². The number of hydrogen-bond acceptors (Lipinski definition) is 4. The van der Waals surface area contributed by atoms with Gasteiger partial charge in [0.25, 0.3) is 0 Å². The van der Waals surface area contributed by atoms with E-state index in [9.17, 15) is 0 Å². The summed E-state index contributed by atoms with van der Waals surface area (Å²) >= 11 is 3.60. The van der Waals surface area contributed by atoms with Crippen LogP contribution in [-0.2, 0) is 0 Å². The Balaban J connectivity index is 2.14. The average molecular weight is 391 g/mol. The molecule has 1 N–H and O–H groups in total. The van der Waals surface area contributed by atoms with E-state index in [1.165, 1.54) is 5.56 Å². The van der Waals surface area contributed by atoms with Crippen LogP contribution < -0.4 is 14.8 Å². The second kappa shape index (κ2) is 8.01. The Bertz CT molecular complexity index is 665. The summed E-state index contributed by atoms with van der Waals surface area (Å²) in [5, 5.41) is 3.43. The van der Waals surface area contributed by atoms with Gasteiger partial charge in [-0.1, -0.05) is 34.1 Å². The fraction of sp³-hybridized carbons (Fsp3) is 0.368. The SMILES string of the molecule is COc1cccc(OC)c1C(c1cccc(Br)c1)N1CCNCC1. The summed E-state index contributed by atoms with van der Waals surface area (Å²) in [6.07, 6.45) is 0. The van der Waals surface area contributed by atoms with Gasteiger partial charge in [-0.05, 0) is 29.8 Å². The Labute approximate surface area is 151 Å². The average Bonchev–Trinajstić information content (AvgIpc) is 2.63. The number of nitrogens with one attached hydrogen (secondary N) is 1. The molecule has 1 saturated heterocycles. The number of ether oxygens (including phenoxy) is 2. The molecule has 1 heterocycles. The number of hydrogen-bond donors (Lipinski definition) is 1. The normalized spacial score (nSPS) is 16.6. The van der Waals surface area contributed by atoms with E-state index in [-0.39, 0.29) is 6.04 Å². The molecule has 1 fully saturated rings. The van der Waals surface area contributed by atoms with Crippen LogP contribution in [0.2, 0.25) is 0 Å². The first-order valence-electron chi connectivity index (χ1n) is 8.15. The summed E-state index contributed by atoms with van der Waals surface area (Å²) in [6.45, 7) is 3.95. The lowest BCUT2D eigenvalue weighted by Gasteiger charge is -2.36. The molecule has 0 aliphatic carbocycles. The van der Waals surface area contributed by atoms with Crippen LogP contribution in [0, 0.1) is 0 Å². The third-order valence-corrected chi connectivity index (χ3v) is 4.91. The van der Waals surface area contributed by atoms with E-state index in [0.717, 1.165) is 47.7 Å². The third-order valence-electron chi connectivity index (χ3n) is 4.42. The Hall–Kier alpha value is -1.56. The zero-order chi connectivity index (χ0) is 16.9. The molecule has 1 aliphatic heterocycles. The van der Waals surface area contributed by atoms with Crippen molar-refractivity contribution in [3.8, 4) is 11.5 Å². The second-order valence-electron chi connectivity index (χ2n) is 5.82. The minimum atomic E-state index is 0.0932. The first kappa shape index (κ1) is 17.3. The highest BCUT2D eigenvalue weighted by Crippen LogP contribution is 2.41. The van der Waals surface area contributed by atoms with Crippen LogP contribution in [0.5, 0.6) is 11.5 Å². The zero-order valence-corrected chi connectivity index (χ0v) is 15.7. The van der Waals surface area contributed by atoms with Gasteiger partial charge in [-0.25, -0.2) is 0 Å². The number of rotatable bonds is 5. The van der Waals surface area contributed by atoms with Crippen LogP contribution in [0.3, 0.4) is 0 Å². The van der Waals surface area contributed by atoms with Gasteiger partial charge in [0.15, 0.2) is 0 Å². The van der Waals surface area contributed by atoms with Crippen molar-refractivity contribution in [1.82, 2.24) is 10.2 Å². The highest BCUT2D eigenvalue weighted by atomic mass is 79.9. The predicted octanol–water partition coefficient (Wildman–Crippen LogP) is 3.46. The van der Waals surface area contributed by atoms with E-state index in [1.807, 2.05) is 18.2 Å². The number of piperazine rings is 1. The third kappa shape index (κ3) is 3.58. The Morgan fingerprint density at radius 1 is 1.00 bits per heavy atom. The Morgan fingerprint density at radius 2 is 1.62 bits per heavy atom. The fourth-order valence-corrected chi connectivity index (χ4v) is 3.74. The molecule has 0 amide bonds. The molecular formula is C19H23BrN2O2. The smallest absolute Gasteiger partial charge is 0.127 e. The van der Waals surface area contributed by atoms with Crippen molar-refractivity contribution in [2.45, 2.75) is 6.04 Å². The molecular weight excluding hydrogens is 368 g/mol. The molecule has 0 aromatic heterocycles. The maximum Gasteiger partial charge on any atom is 0.127 e. The van der Waals surface area contributed by atoms with Crippen molar-refractivity contribution in [2.75, 3.05) is 40.4 Å². The van der Waals surface area contributed by atoms with Gasteiger partial charge < -0.3 is 14.8 Å². The summed E-state index contributed by atoms with van der Waals surface area (Å²) in [5.74, 6) is 1.72. The number of methoxy groups -OCH3 is 2. The van der Waals surface area contributed by atoms with Crippen LogP contribution in [0.1, 0.15) is 17.2 Å². The predicted molar refractivity (Wildman–Crippen MR) is 100.0 cm³/mol. The second-order valence-corrected chi connectivity index (χ2v) is 6.74. The van der Waals surface area contributed by atoms with Crippen molar-refractivity contribution in [2.24, 2.45) is 0 Å². The quantitative estimate of drug-likeness (QED) is 0.847. The highest BCUT2D eigenvalue weighted by molar-refractivity contribution is 9.10. The van der Waals surface area contributed by atoms with Crippen molar-refractivity contribution in [3.05, 3.63) is 58.1 Å². The van der Waals surface area contributed by atoms with Gasteiger partial charge in [0.2, 0.25) is 0 Å². The van der Waals surface area contributed by atoms with Gasteiger partial charge in [0.05, 0.1) is 25.8 Å². The molecule has 0 spiro atoms. The maximum atomic E-state index is 5.68. The molecule has 5 heteroatoms. The number of benzene rings is 2. The highest BCUT2D eigenvalue weighted by Gasteiger charge is 2.29. The van der Waals surface area contributed by atoms with Crippen molar-refractivity contribution in [3.63, 3.8) is 0 Å². The lowest BCUT2D eigenvalue weighted by molar-refractivity contribution is 0.192. The molecule has 1 atom stereocenters. The molecule has 3 rings (SSSR count). The summed E-state index contributed by atoms with van der Waals surface area (Å²) in [5.41, 5.74) is 2.32. The van der Waals surface area contributed by atoms with Gasteiger partial charge >= 0.3 is 0 Å². The minimum Gasteiger partial charge on any atom is -0.496 e. The van der Waals surface area contributed by atoms with E-state index in [2.05, 4.69) is 50.4 Å². The van der Waals surface area contributed by atoms with Crippen LogP contribution in [0.15, 0.2) is 46.9 Å². The van der Waals surface area contributed by atoms with E-state index in [1.54, 1.807) is 14.2 Å². The molecule has 2 aromatic rings. The molecule has 24 heavy (non-hydrogen) atoms. The van der Waals surface area contributed by atoms with Gasteiger partial charge in [-0.2, -0.15) is 0 Å². The number of halogens is 1. The van der Waals surface area contributed by atoms with E-state index in [4.69, 9.17) is 9.47 Å². The summed E-state index contributed by atoms with van der Waals surface area (Å²) in [7, 11) is 3.43. The molecule has 2 aromatic carbocycles. The summed E-state index contributed by atoms with van der Waals surface area (Å²) in [6, 6.07) is 14.6. The van der Waals surface area contributed by atoms with Gasteiger partial charge in [-0.15, -0.1) is 0 Å². The topological polar surface area (TPSA) is 33.7 Å². The maximum absolute atomic E-state index is 5.68. The summed E-state index contributed by atoms with van der Waals surface area (Å²) in [4.78, 5) is 2.48. The lowest BCUT2D eigenvalue weighted by atomic mass is 9.94. The Kier molecular flexibility index (Phi) is 5.76. The Morgan fingerprint density at radius 3 is 2.21 bits per heavy atom. The minimum absolute atomic E-state index is 0.0932. The molecule has 0 saturated carbocycles. The largest absolute Gasteiger partial charge is 0.496 e. The summed E-state index contributed by atoms with van der Waals surface area (Å²) < 4.78 is 12.4. The van der Waals surface area contributed by atoms with Crippen molar-refractivity contribution < 1.29 is 9.47 Å². The standard InChI is InChI=1S/C19H23BrN2O2/c1-23-16-7-4-8-17(24-2)18(16)19(22-11-9-21-10-12-22)14-5-3-6-15(20)13-14/h3-8,13,19,21H,9-12H2,1-2H3. The van der Waals surface area contributed by atoms with Gasteiger partial charge in [0.1, 0.15) is 11.5 Å². The van der Waals surface area contributed by atoms with Crippen LogP contribution in [0.4, 0.5) is 0 Å². The van der Waals surface area contributed by atoms with Gasteiger partial charge in [0, 0.05) is 30.7 Å². The first-order chi connectivity index (χ1) is 11.7. The van der Waals surface area contributed by atoms with Crippen LogP contribution in [0.25, 0.3) is 0 Å². The van der Waals surface area contributed by atoms with Crippen LogP contribution in [-0.4, -0.2) is 45.3 Å². The molecule has 128 valence electrons. The molecule has 0 bridgehead atoms.